The zero-order valence-electron chi connectivity index (χ0n) is 15.8. The van der Waals surface area contributed by atoms with Crippen molar-refractivity contribution in [3.05, 3.63) is 99.3 Å². The number of non-ortho nitro benzene ring substituents is 1. The average molecular weight is 452 g/mol. The fraction of sp³-hybridized carbons (Fsp3) is 0. The minimum atomic E-state index is -0.551. The van der Waals surface area contributed by atoms with Gasteiger partial charge in [-0.1, -0.05) is 35.5 Å². The number of amides is 1. The molecule has 0 saturated heterocycles. The summed E-state index contributed by atoms with van der Waals surface area (Å²) < 4.78 is 5.43. The summed E-state index contributed by atoms with van der Waals surface area (Å²) in [5.41, 5.74) is 3.51. The second-order valence-electron chi connectivity index (χ2n) is 6.41. The fourth-order valence-electron chi connectivity index (χ4n) is 2.74. The number of hydrogen-bond donors (Lipinski definition) is 1. The standard InChI is InChI=1S/C22H14ClN3O4S/c23-16-3-8-19(9-4-16)31-18-6-1-14(2-7-18)13-24-25-22(27)21-12-15-11-17(26(28)29)5-10-20(15)30-21/h1-13H,(H,25,27)/b24-13-. The van der Waals surface area contributed by atoms with Crippen molar-refractivity contribution in [1.82, 2.24) is 5.43 Å². The van der Waals surface area contributed by atoms with Gasteiger partial charge in [0.15, 0.2) is 5.76 Å². The third-order valence-corrected chi connectivity index (χ3v) is 5.51. The SMILES string of the molecule is O=C(N/N=C\c1ccc(Sc2ccc(Cl)cc2)cc1)c1cc2cc([N+](=O)[O-])ccc2o1. The Morgan fingerprint density at radius 1 is 1.03 bits per heavy atom. The Bertz CT molecular complexity index is 1280. The van der Waals surface area contributed by atoms with Crippen molar-refractivity contribution in [2.24, 2.45) is 5.10 Å². The fourth-order valence-corrected chi connectivity index (χ4v) is 3.68. The van der Waals surface area contributed by atoms with Crippen LogP contribution in [0, 0.1) is 10.1 Å². The first-order valence-electron chi connectivity index (χ1n) is 9.03. The van der Waals surface area contributed by atoms with Gasteiger partial charge in [-0.2, -0.15) is 5.10 Å². The Morgan fingerprint density at radius 3 is 2.39 bits per heavy atom. The smallest absolute Gasteiger partial charge is 0.307 e. The maximum atomic E-state index is 12.2. The van der Waals surface area contributed by atoms with Gasteiger partial charge in [-0.3, -0.25) is 14.9 Å². The molecule has 0 bridgehead atoms. The van der Waals surface area contributed by atoms with E-state index in [-0.39, 0.29) is 11.4 Å². The number of nitrogens with one attached hydrogen (secondary N) is 1. The molecule has 0 atom stereocenters. The van der Waals surface area contributed by atoms with E-state index in [0.29, 0.717) is 16.0 Å². The molecule has 154 valence electrons. The van der Waals surface area contributed by atoms with Crippen LogP contribution in [0.1, 0.15) is 16.1 Å². The minimum absolute atomic E-state index is 0.0161. The van der Waals surface area contributed by atoms with Crippen molar-refractivity contribution in [3.63, 3.8) is 0 Å². The second-order valence-corrected chi connectivity index (χ2v) is 8.00. The average Bonchev–Trinajstić information content (AvgIpc) is 3.20. The third kappa shape index (κ3) is 5.11. The molecule has 0 spiro atoms. The maximum Gasteiger partial charge on any atom is 0.307 e. The Morgan fingerprint density at radius 2 is 1.71 bits per heavy atom. The van der Waals surface area contributed by atoms with Crippen molar-refractivity contribution in [2.75, 3.05) is 0 Å². The number of nitro groups is 1. The molecule has 7 nitrogen and oxygen atoms in total. The van der Waals surface area contributed by atoms with Crippen LogP contribution < -0.4 is 5.43 Å². The number of carbonyl (C=O) groups excluding carboxylic acids is 1. The van der Waals surface area contributed by atoms with E-state index in [1.807, 2.05) is 48.5 Å². The van der Waals surface area contributed by atoms with Gasteiger partial charge in [0.25, 0.3) is 5.69 Å². The summed E-state index contributed by atoms with van der Waals surface area (Å²) >= 11 is 7.51. The molecule has 1 amide bonds. The summed E-state index contributed by atoms with van der Waals surface area (Å²) in [5.74, 6) is -0.535. The van der Waals surface area contributed by atoms with Crippen LogP contribution in [0.15, 0.2) is 92.1 Å². The molecule has 9 heteroatoms. The lowest BCUT2D eigenvalue weighted by Gasteiger charge is -2.02. The number of rotatable bonds is 6. The number of hydrazone groups is 1. The molecule has 4 aromatic rings. The number of benzene rings is 3. The summed E-state index contributed by atoms with van der Waals surface area (Å²) in [6.45, 7) is 0. The first-order valence-corrected chi connectivity index (χ1v) is 10.2. The number of halogens is 1. The zero-order valence-corrected chi connectivity index (χ0v) is 17.4. The van der Waals surface area contributed by atoms with E-state index >= 15 is 0 Å². The van der Waals surface area contributed by atoms with Gasteiger partial charge >= 0.3 is 5.91 Å². The van der Waals surface area contributed by atoms with Crippen molar-refractivity contribution < 1.29 is 14.1 Å². The Balaban J connectivity index is 1.37. The van der Waals surface area contributed by atoms with Crippen molar-refractivity contribution in [1.29, 1.82) is 0 Å². The van der Waals surface area contributed by atoms with Crippen LogP contribution in [0.4, 0.5) is 5.69 Å². The minimum Gasteiger partial charge on any atom is -0.451 e. The predicted molar refractivity (Wildman–Crippen MR) is 120 cm³/mol. The molecule has 31 heavy (non-hydrogen) atoms. The molecule has 0 fully saturated rings. The van der Waals surface area contributed by atoms with Gasteiger partial charge in [0.2, 0.25) is 0 Å². The molecular weight excluding hydrogens is 438 g/mol. The quantitative estimate of drug-likeness (QED) is 0.223. The molecular formula is C22H14ClN3O4S. The van der Waals surface area contributed by atoms with Crippen LogP contribution >= 0.6 is 23.4 Å². The van der Waals surface area contributed by atoms with Crippen LogP contribution in [0.5, 0.6) is 0 Å². The van der Waals surface area contributed by atoms with Crippen LogP contribution in [0.25, 0.3) is 11.0 Å². The highest BCUT2D eigenvalue weighted by Gasteiger charge is 2.14. The molecule has 1 heterocycles. The molecule has 3 aromatic carbocycles. The van der Waals surface area contributed by atoms with E-state index in [4.69, 9.17) is 16.0 Å². The third-order valence-electron chi connectivity index (χ3n) is 4.24. The van der Waals surface area contributed by atoms with E-state index < -0.39 is 10.8 Å². The highest BCUT2D eigenvalue weighted by molar-refractivity contribution is 7.99. The first-order chi connectivity index (χ1) is 15.0. The van der Waals surface area contributed by atoms with E-state index in [2.05, 4.69) is 10.5 Å². The van der Waals surface area contributed by atoms with Crippen LogP contribution in [-0.2, 0) is 0 Å². The number of nitrogens with zero attached hydrogens (tertiary/aromatic N) is 2. The molecule has 0 saturated carbocycles. The molecule has 4 rings (SSSR count). The first kappa shape index (κ1) is 20.6. The number of nitro benzene ring substituents is 1. The molecule has 0 aliphatic heterocycles. The van der Waals surface area contributed by atoms with Crippen molar-refractivity contribution in [3.8, 4) is 0 Å². The number of furan rings is 1. The lowest BCUT2D eigenvalue weighted by Crippen LogP contribution is -2.16. The Kier molecular flexibility index (Phi) is 6.01. The maximum absolute atomic E-state index is 12.2. The monoisotopic (exact) mass is 451 g/mol. The van der Waals surface area contributed by atoms with E-state index in [0.717, 1.165) is 15.4 Å². The Labute approximate surface area is 185 Å². The number of fused-ring (bicyclic) bond motifs is 1. The van der Waals surface area contributed by atoms with Gasteiger partial charge in [-0.15, -0.1) is 0 Å². The molecule has 0 unspecified atom stereocenters. The van der Waals surface area contributed by atoms with Gasteiger partial charge in [-0.05, 0) is 54.1 Å². The highest BCUT2D eigenvalue weighted by atomic mass is 35.5. The van der Waals surface area contributed by atoms with Gasteiger partial charge in [0, 0.05) is 32.3 Å². The number of carbonyl (C=O) groups is 1. The lowest BCUT2D eigenvalue weighted by molar-refractivity contribution is -0.384. The second kappa shape index (κ2) is 9.03. The van der Waals surface area contributed by atoms with Crippen LogP contribution in [0.2, 0.25) is 5.02 Å². The van der Waals surface area contributed by atoms with Crippen molar-refractivity contribution >= 4 is 52.1 Å². The molecule has 0 aliphatic rings. The predicted octanol–water partition coefficient (Wildman–Crippen LogP) is 5.91. The topological polar surface area (TPSA) is 97.7 Å². The normalized spacial score (nSPS) is 11.1. The van der Waals surface area contributed by atoms with Crippen molar-refractivity contribution in [2.45, 2.75) is 9.79 Å². The highest BCUT2D eigenvalue weighted by Crippen LogP contribution is 2.28. The van der Waals surface area contributed by atoms with Crippen LogP contribution in [-0.4, -0.2) is 17.0 Å². The summed E-state index contributed by atoms with van der Waals surface area (Å²) in [7, 11) is 0. The lowest BCUT2D eigenvalue weighted by atomic mass is 10.2. The van der Waals surface area contributed by atoms with Crippen LogP contribution in [0.3, 0.4) is 0 Å². The van der Waals surface area contributed by atoms with Gasteiger partial charge in [0.1, 0.15) is 5.58 Å². The van der Waals surface area contributed by atoms with Gasteiger partial charge in [0.05, 0.1) is 11.1 Å². The van der Waals surface area contributed by atoms with Gasteiger partial charge < -0.3 is 4.42 Å². The van der Waals surface area contributed by atoms with Gasteiger partial charge in [-0.25, -0.2) is 5.43 Å². The molecule has 0 aliphatic carbocycles. The summed E-state index contributed by atoms with van der Waals surface area (Å²) in [6.07, 6.45) is 1.52. The molecule has 1 N–H and O–H groups in total. The largest absolute Gasteiger partial charge is 0.451 e. The van der Waals surface area contributed by atoms with E-state index in [1.165, 1.54) is 30.5 Å². The molecule has 1 aromatic heterocycles. The zero-order chi connectivity index (χ0) is 21.8. The summed E-state index contributed by atoms with van der Waals surface area (Å²) in [6, 6.07) is 20.8. The van der Waals surface area contributed by atoms with E-state index in [9.17, 15) is 14.9 Å². The number of hydrogen-bond acceptors (Lipinski definition) is 6. The Hall–Kier alpha value is -3.62. The summed E-state index contributed by atoms with van der Waals surface area (Å²) in [4.78, 5) is 24.7. The summed E-state index contributed by atoms with van der Waals surface area (Å²) in [5, 5.41) is 16.0. The molecule has 0 radical (unpaired) electrons. The van der Waals surface area contributed by atoms with E-state index in [1.54, 1.807) is 11.8 Å².